The van der Waals surface area contributed by atoms with Crippen molar-refractivity contribution in [3.05, 3.63) is 22.6 Å². The summed E-state index contributed by atoms with van der Waals surface area (Å²) < 4.78 is 0.293. The Morgan fingerprint density at radius 2 is 1.80 bits per heavy atom. The molecule has 0 nitrogen and oxygen atoms in total. The zero-order valence-corrected chi connectivity index (χ0v) is 7.93. The molecule has 1 aliphatic rings. The van der Waals surface area contributed by atoms with Crippen LogP contribution in [0, 0.1) is 0 Å². The van der Waals surface area contributed by atoms with Crippen molar-refractivity contribution in [2.75, 3.05) is 0 Å². The summed E-state index contributed by atoms with van der Waals surface area (Å²) in [6, 6.07) is 0. The summed E-state index contributed by atoms with van der Waals surface area (Å²) in [5.41, 5.74) is 2.86. The highest BCUT2D eigenvalue weighted by atomic mass is 32.2. The summed E-state index contributed by atoms with van der Waals surface area (Å²) in [5, 5.41) is 0. The lowest BCUT2D eigenvalue weighted by atomic mass is 10.00. The summed E-state index contributed by atoms with van der Waals surface area (Å²) in [6.07, 6.45) is 0. The molecule has 0 aromatic heterocycles. The maximum Gasteiger partial charge on any atom is 0.0362 e. The molecule has 0 aromatic rings. The van der Waals surface area contributed by atoms with Gasteiger partial charge in [0.2, 0.25) is 0 Å². The fourth-order valence-corrected chi connectivity index (χ4v) is 2.35. The van der Waals surface area contributed by atoms with Crippen LogP contribution >= 0.6 is 11.8 Å². The van der Waals surface area contributed by atoms with Crippen molar-refractivity contribution in [1.82, 2.24) is 0 Å². The van der Waals surface area contributed by atoms with E-state index in [0.717, 1.165) is 0 Å². The van der Waals surface area contributed by atoms with E-state index in [1.54, 1.807) is 0 Å². The third-order valence-corrected chi connectivity index (χ3v) is 3.63. The molecule has 0 aliphatic carbocycles. The molecular formula is C9H14S. The average molecular weight is 154 g/mol. The van der Waals surface area contributed by atoms with E-state index in [0.29, 0.717) is 4.75 Å². The van der Waals surface area contributed by atoms with Crippen LogP contribution in [0.25, 0.3) is 0 Å². The maximum absolute atomic E-state index is 3.99. The van der Waals surface area contributed by atoms with Crippen molar-refractivity contribution in [2.45, 2.75) is 32.4 Å². The molecule has 0 saturated heterocycles. The van der Waals surface area contributed by atoms with Crippen molar-refractivity contribution in [3.63, 3.8) is 0 Å². The third kappa shape index (κ3) is 1.03. The minimum Gasteiger partial charge on any atom is -0.116 e. The van der Waals surface area contributed by atoms with Gasteiger partial charge in [0.25, 0.3) is 0 Å². The molecule has 1 rings (SSSR count). The lowest BCUT2D eigenvalue weighted by Gasteiger charge is -2.17. The van der Waals surface area contributed by atoms with Gasteiger partial charge in [-0.2, -0.15) is 0 Å². The van der Waals surface area contributed by atoms with Gasteiger partial charge in [0.1, 0.15) is 0 Å². The van der Waals surface area contributed by atoms with Crippen molar-refractivity contribution in [1.29, 1.82) is 0 Å². The number of thioether (sulfide) groups is 1. The fourth-order valence-electron chi connectivity index (χ4n) is 1.12. The van der Waals surface area contributed by atoms with Gasteiger partial charge in [0.05, 0.1) is 0 Å². The molecular weight excluding hydrogens is 140 g/mol. The SMILES string of the molecule is C=C1SC(C)(C)C(C)=C1C. The van der Waals surface area contributed by atoms with Gasteiger partial charge in [0.15, 0.2) is 0 Å². The second-order valence-electron chi connectivity index (χ2n) is 3.29. The molecule has 0 amide bonds. The first kappa shape index (κ1) is 7.93. The molecule has 0 aromatic carbocycles. The van der Waals surface area contributed by atoms with Crippen LogP contribution in [0.4, 0.5) is 0 Å². The van der Waals surface area contributed by atoms with Crippen LogP contribution < -0.4 is 0 Å². The van der Waals surface area contributed by atoms with Gasteiger partial charge in [-0.15, -0.1) is 11.8 Å². The summed E-state index contributed by atoms with van der Waals surface area (Å²) in [4.78, 5) is 1.24. The van der Waals surface area contributed by atoms with Gasteiger partial charge in [-0.05, 0) is 33.3 Å². The normalized spacial score (nSPS) is 24.2. The smallest absolute Gasteiger partial charge is 0.0362 e. The Morgan fingerprint density at radius 3 is 1.90 bits per heavy atom. The first-order valence-corrected chi connectivity index (χ1v) is 4.33. The lowest BCUT2D eigenvalue weighted by Crippen LogP contribution is -2.11. The highest BCUT2D eigenvalue weighted by Gasteiger charge is 2.30. The lowest BCUT2D eigenvalue weighted by molar-refractivity contribution is 0.838. The molecule has 1 heterocycles. The van der Waals surface area contributed by atoms with Crippen molar-refractivity contribution in [2.24, 2.45) is 0 Å². The molecule has 0 saturated carbocycles. The molecule has 0 N–H and O–H groups in total. The average Bonchev–Trinajstić information content (AvgIpc) is 1.95. The Bertz CT molecular complexity index is 209. The van der Waals surface area contributed by atoms with Crippen molar-refractivity contribution < 1.29 is 0 Å². The Kier molecular flexibility index (Phi) is 1.71. The van der Waals surface area contributed by atoms with Gasteiger partial charge in [-0.25, -0.2) is 0 Å². The summed E-state index contributed by atoms with van der Waals surface area (Å²) in [7, 11) is 0. The summed E-state index contributed by atoms with van der Waals surface area (Å²) >= 11 is 1.87. The standard InChI is InChI=1S/C9H14S/c1-6-7(2)9(4,5)10-8(6)3/h3H2,1-2,4-5H3. The number of hydrogen-bond donors (Lipinski definition) is 0. The monoisotopic (exact) mass is 154 g/mol. The molecule has 0 radical (unpaired) electrons. The van der Waals surface area contributed by atoms with E-state index in [4.69, 9.17) is 0 Å². The highest BCUT2D eigenvalue weighted by Crippen LogP contribution is 2.48. The number of allylic oxidation sites excluding steroid dienone is 1. The van der Waals surface area contributed by atoms with E-state index < -0.39 is 0 Å². The zero-order valence-electron chi connectivity index (χ0n) is 7.12. The van der Waals surface area contributed by atoms with E-state index in [1.165, 1.54) is 16.1 Å². The number of hydrogen-bond acceptors (Lipinski definition) is 1. The van der Waals surface area contributed by atoms with Crippen LogP contribution in [0.1, 0.15) is 27.7 Å². The van der Waals surface area contributed by atoms with Crippen LogP contribution in [0.2, 0.25) is 0 Å². The second kappa shape index (κ2) is 2.16. The van der Waals surface area contributed by atoms with Crippen LogP contribution in [-0.2, 0) is 0 Å². The minimum atomic E-state index is 0.293. The van der Waals surface area contributed by atoms with Crippen LogP contribution in [0.15, 0.2) is 22.6 Å². The highest BCUT2D eigenvalue weighted by molar-refractivity contribution is 8.05. The van der Waals surface area contributed by atoms with Crippen molar-refractivity contribution in [3.8, 4) is 0 Å². The largest absolute Gasteiger partial charge is 0.116 e. The van der Waals surface area contributed by atoms with E-state index in [-0.39, 0.29) is 0 Å². The Balaban J connectivity index is 3.06. The van der Waals surface area contributed by atoms with E-state index in [1.807, 2.05) is 11.8 Å². The number of rotatable bonds is 0. The molecule has 56 valence electrons. The van der Waals surface area contributed by atoms with Crippen LogP contribution in [0.5, 0.6) is 0 Å². The quantitative estimate of drug-likeness (QED) is 0.515. The zero-order chi connectivity index (χ0) is 7.94. The van der Waals surface area contributed by atoms with E-state index in [2.05, 4.69) is 34.3 Å². The van der Waals surface area contributed by atoms with Gasteiger partial charge >= 0.3 is 0 Å². The molecule has 0 spiro atoms. The third-order valence-electron chi connectivity index (χ3n) is 2.26. The van der Waals surface area contributed by atoms with Gasteiger partial charge in [-0.1, -0.05) is 12.2 Å². The van der Waals surface area contributed by atoms with Gasteiger partial charge in [-0.3, -0.25) is 0 Å². The Morgan fingerprint density at radius 1 is 1.30 bits per heavy atom. The minimum absolute atomic E-state index is 0.293. The summed E-state index contributed by atoms with van der Waals surface area (Å²) in [6.45, 7) is 12.8. The first-order valence-electron chi connectivity index (χ1n) is 3.51. The molecule has 0 atom stereocenters. The molecule has 1 aliphatic heterocycles. The second-order valence-corrected chi connectivity index (χ2v) is 5.00. The Hall–Kier alpha value is -0.170. The Labute approximate surface area is 67.4 Å². The molecule has 0 bridgehead atoms. The van der Waals surface area contributed by atoms with Crippen molar-refractivity contribution >= 4 is 11.8 Å². The molecule has 0 unspecified atom stereocenters. The molecule has 1 heteroatoms. The summed E-state index contributed by atoms with van der Waals surface area (Å²) in [5.74, 6) is 0. The molecule has 10 heavy (non-hydrogen) atoms. The first-order chi connectivity index (χ1) is 4.45. The topological polar surface area (TPSA) is 0 Å². The van der Waals surface area contributed by atoms with Gasteiger partial charge < -0.3 is 0 Å². The van der Waals surface area contributed by atoms with E-state index >= 15 is 0 Å². The maximum atomic E-state index is 3.99. The van der Waals surface area contributed by atoms with Crippen LogP contribution in [-0.4, -0.2) is 4.75 Å². The van der Waals surface area contributed by atoms with Gasteiger partial charge in [0, 0.05) is 9.65 Å². The molecule has 0 fully saturated rings. The predicted molar refractivity (Wildman–Crippen MR) is 49.2 cm³/mol. The predicted octanol–water partition coefficient (Wildman–Crippen LogP) is 3.36. The van der Waals surface area contributed by atoms with E-state index in [9.17, 15) is 0 Å². The fraction of sp³-hybridized carbons (Fsp3) is 0.556. The van der Waals surface area contributed by atoms with Crippen LogP contribution in [0.3, 0.4) is 0 Å².